The summed E-state index contributed by atoms with van der Waals surface area (Å²) in [4.78, 5) is 25.3. The number of hydrogen-bond acceptors (Lipinski definition) is 6. The molecule has 1 saturated carbocycles. The van der Waals surface area contributed by atoms with Crippen LogP contribution in [0.3, 0.4) is 0 Å². The summed E-state index contributed by atoms with van der Waals surface area (Å²) < 4.78 is 11.8. The van der Waals surface area contributed by atoms with Crippen molar-refractivity contribution in [1.82, 2.24) is 4.90 Å². The Kier molecular flexibility index (Phi) is 3.51. The molecule has 0 N–H and O–H groups in total. The number of ketones is 1. The van der Waals surface area contributed by atoms with E-state index in [1.807, 2.05) is 6.07 Å². The zero-order chi connectivity index (χ0) is 18.5. The first-order valence-corrected chi connectivity index (χ1v) is 8.81. The van der Waals surface area contributed by atoms with E-state index in [1.165, 1.54) is 25.0 Å². The number of carbonyl (C=O) groups is 1. The van der Waals surface area contributed by atoms with Gasteiger partial charge < -0.3 is 9.47 Å². The number of hydrogen-bond donors (Lipinski definition) is 0. The molecular weight excluding hydrogens is 348 g/mol. The fourth-order valence-corrected chi connectivity index (χ4v) is 3.49. The minimum atomic E-state index is -0.456. The van der Waals surface area contributed by atoms with Crippen molar-refractivity contribution < 1.29 is 19.2 Å². The molecule has 27 heavy (non-hydrogen) atoms. The summed E-state index contributed by atoms with van der Waals surface area (Å²) in [5.41, 5.74) is 2.11. The molecule has 136 valence electrons. The van der Waals surface area contributed by atoms with Crippen LogP contribution in [0.25, 0.3) is 6.08 Å². The molecule has 0 bridgehead atoms. The Balaban J connectivity index is 1.46. The topological polar surface area (TPSA) is 81.9 Å². The summed E-state index contributed by atoms with van der Waals surface area (Å²) in [7, 11) is 0. The molecule has 2 aliphatic heterocycles. The molecular formula is C20H16N2O5. The van der Waals surface area contributed by atoms with Crippen LogP contribution >= 0.6 is 0 Å². The highest BCUT2D eigenvalue weighted by molar-refractivity contribution is 6.15. The number of nitro benzene ring substituents is 1. The zero-order valence-corrected chi connectivity index (χ0v) is 14.4. The predicted molar refractivity (Wildman–Crippen MR) is 96.5 cm³/mol. The van der Waals surface area contributed by atoms with Crippen molar-refractivity contribution in [3.8, 4) is 11.5 Å². The number of non-ortho nitro benzene ring substituents is 1. The number of Topliss-reactive ketones (excluding diaryl/α,β-unsaturated/α-hetero) is 1. The summed E-state index contributed by atoms with van der Waals surface area (Å²) in [6.07, 6.45) is 3.97. The molecule has 0 radical (unpaired) electrons. The van der Waals surface area contributed by atoms with Gasteiger partial charge in [0, 0.05) is 24.7 Å². The van der Waals surface area contributed by atoms with Crippen molar-refractivity contribution in [3.05, 3.63) is 69.0 Å². The average molecular weight is 364 g/mol. The molecule has 5 rings (SSSR count). The third-order valence-corrected chi connectivity index (χ3v) is 5.11. The molecule has 2 aromatic carbocycles. The Hall–Kier alpha value is -3.19. The maximum atomic E-state index is 12.7. The van der Waals surface area contributed by atoms with Gasteiger partial charge in [0.2, 0.25) is 5.78 Å². The SMILES string of the molecule is O=C1/C(=C/c2ccc([N+](=O)[O-])cc2)Oc2c1ccc1c2CN(C2CC2)CO1. The largest absolute Gasteiger partial charge is 0.478 e. The smallest absolute Gasteiger partial charge is 0.269 e. The molecule has 0 atom stereocenters. The van der Waals surface area contributed by atoms with Gasteiger partial charge in [0.25, 0.3) is 5.69 Å². The number of rotatable bonds is 3. The highest BCUT2D eigenvalue weighted by Crippen LogP contribution is 2.43. The maximum absolute atomic E-state index is 12.7. The number of allylic oxidation sites excluding steroid dienone is 1. The second-order valence-corrected chi connectivity index (χ2v) is 6.96. The van der Waals surface area contributed by atoms with Crippen molar-refractivity contribution in [3.63, 3.8) is 0 Å². The first kappa shape index (κ1) is 16.0. The lowest BCUT2D eigenvalue weighted by Gasteiger charge is -2.29. The number of nitro groups is 1. The highest BCUT2D eigenvalue weighted by atomic mass is 16.6. The number of nitrogens with zero attached hydrogens (tertiary/aromatic N) is 2. The van der Waals surface area contributed by atoms with E-state index in [0.717, 1.165) is 11.3 Å². The average Bonchev–Trinajstić information content (AvgIpc) is 3.48. The molecule has 2 heterocycles. The third kappa shape index (κ3) is 2.76. The molecule has 3 aliphatic rings. The lowest BCUT2D eigenvalue weighted by molar-refractivity contribution is -0.384. The molecule has 7 heteroatoms. The van der Waals surface area contributed by atoms with Crippen LogP contribution in [0.2, 0.25) is 0 Å². The third-order valence-electron chi connectivity index (χ3n) is 5.11. The first-order chi connectivity index (χ1) is 13.1. The molecule has 7 nitrogen and oxygen atoms in total. The van der Waals surface area contributed by atoms with Gasteiger partial charge in [0.05, 0.1) is 16.1 Å². The summed E-state index contributed by atoms with van der Waals surface area (Å²) in [6.45, 7) is 1.27. The summed E-state index contributed by atoms with van der Waals surface area (Å²) in [6, 6.07) is 10.1. The number of benzene rings is 2. The van der Waals surface area contributed by atoms with E-state index in [9.17, 15) is 14.9 Å². The molecule has 0 unspecified atom stereocenters. The van der Waals surface area contributed by atoms with Gasteiger partial charge in [-0.1, -0.05) is 0 Å². The minimum absolute atomic E-state index is 0.00508. The predicted octanol–water partition coefficient (Wildman–Crippen LogP) is 3.53. The van der Waals surface area contributed by atoms with Crippen LogP contribution in [-0.2, 0) is 6.54 Å². The van der Waals surface area contributed by atoms with Crippen molar-refractivity contribution >= 4 is 17.5 Å². The summed E-state index contributed by atoms with van der Waals surface area (Å²) in [5, 5.41) is 10.8. The molecule has 0 amide bonds. The van der Waals surface area contributed by atoms with E-state index in [2.05, 4.69) is 4.90 Å². The Labute approximate surface area is 155 Å². The monoisotopic (exact) mass is 364 g/mol. The molecule has 0 saturated heterocycles. The van der Waals surface area contributed by atoms with E-state index in [1.54, 1.807) is 24.3 Å². The second-order valence-electron chi connectivity index (χ2n) is 6.96. The van der Waals surface area contributed by atoms with Gasteiger partial charge in [-0.2, -0.15) is 0 Å². The van der Waals surface area contributed by atoms with Gasteiger partial charge in [-0.3, -0.25) is 19.8 Å². The van der Waals surface area contributed by atoms with E-state index < -0.39 is 4.92 Å². The molecule has 1 aliphatic carbocycles. The maximum Gasteiger partial charge on any atom is 0.269 e. The molecule has 1 fully saturated rings. The lowest BCUT2D eigenvalue weighted by Crippen LogP contribution is -2.33. The van der Waals surface area contributed by atoms with Crippen LogP contribution in [0.15, 0.2) is 42.2 Å². The highest BCUT2D eigenvalue weighted by Gasteiger charge is 2.37. The Morgan fingerprint density at radius 1 is 1.15 bits per heavy atom. The van der Waals surface area contributed by atoms with Gasteiger partial charge >= 0.3 is 0 Å². The quantitative estimate of drug-likeness (QED) is 0.471. The number of fused-ring (bicyclic) bond motifs is 3. The van der Waals surface area contributed by atoms with E-state index in [0.29, 0.717) is 36.2 Å². The summed E-state index contributed by atoms with van der Waals surface area (Å²) >= 11 is 0. The fraction of sp³-hybridized carbons (Fsp3) is 0.250. The van der Waals surface area contributed by atoms with Crippen LogP contribution in [-0.4, -0.2) is 28.4 Å². The number of ether oxygens (including phenoxy) is 2. The van der Waals surface area contributed by atoms with Crippen molar-refractivity contribution in [2.45, 2.75) is 25.4 Å². The molecule has 0 aromatic heterocycles. The first-order valence-electron chi connectivity index (χ1n) is 8.81. The normalized spacial score (nSPS) is 20.0. The van der Waals surface area contributed by atoms with E-state index in [4.69, 9.17) is 9.47 Å². The van der Waals surface area contributed by atoms with Crippen molar-refractivity contribution in [1.29, 1.82) is 0 Å². The zero-order valence-electron chi connectivity index (χ0n) is 14.4. The van der Waals surface area contributed by atoms with Crippen LogP contribution in [0.5, 0.6) is 11.5 Å². The molecule has 0 spiro atoms. The van der Waals surface area contributed by atoms with Gasteiger partial charge in [0.15, 0.2) is 5.76 Å². The number of carbonyl (C=O) groups excluding carboxylic acids is 1. The van der Waals surface area contributed by atoms with Crippen molar-refractivity contribution in [2.75, 3.05) is 6.73 Å². The Morgan fingerprint density at radius 2 is 1.93 bits per heavy atom. The van der Waals surface area contributed by atoms with Gasteiger partial charge in [-0.05, 0) is 48.7 Å². The standard InChI is InChI=1S/C20H16N2O5/c23-19-15-7-8-17-16(10-21(11-26-17)13-5-6-13)20(15)27-18(19)9-12-1-3-14(4-2-12)22(24)25/h1-4,7-9,13H,5-6,10-11H2/b18-9-. The summed E-state index contributed by atoms with van der Waals surface area (Å²) in [5.74, 6) is 1.36. The van der Waals surface area contributed by atoms with E-state index in [-0.39, 0.29) is 17.2 Å². The minimum Gasteiger partial charge on any atom is -0.478 e. The van der Waals surface area contributed by atoms with Crippen LogP contribution in [0.4, 0.5) is 5.69 Å². The second kappa shape index (κ2) is 5.92. The Morgan fingerprint density at radius 3 is 2.63 bits per heavy atom. The van der Waals surface area contributed by atoms with Gasteiger partial charge in [-0.25, -0.2) is 0 Å². The fourth-order valence-electron chi connectivity index (χ4n) is 3.49. The van der Waals surface area contributed by atoms with Crippen LogP contribution in [0.1, 0.15) is 34.3 Å². The lowest BCUT2D eigenvalue weighted by atomic mass is 10.0. The van der Waals surface area contributed by atoms with Crippen LogP contribution < -0.4 is 9.47 Å². The molecule has 2 aromatic rings. The van der Waals surface area contributed by atoms with E-state index >= 15 is 0 Å². The van der Waals surface area contributed by atoms with Gasteiger partial charge in [0.1, 0.15) is 18.2 Å². The van der Waals surface area contributed by atoms with Crippen LogP contribution in [0, 0.1) is 10.1 Å². The Bertz CT molecular complexity index is 992. The van der Waals surface area contributed by atoms with Gasteiger partial charge in [-0.15, -0.1) is 0 Å². The van der Waals surface area contributed by atoms with Crippen molar-refractivity contribution in [2.24, 2.45) is 0 Å².